The first-order valence-electron chi connectivity index (χ1n) is 6.87. The van der Waals surface area contributed by atoms with Crippen molar-refractivity contribution in [2.45, 2.75) is 36.8 Å². The van der Waals surface area contributed by atoms with Crippen LogP contribution in [0.25, 0.3) is 0 Å². The van der Waals surface area contributed by atoms with Crippen LogP contribution in [0.2, 0.25) is 0 Å². The van der Waals surface area contributed by atoms with E-state index >= 15 is 0 Å². The molecule has 1 saturated heterocycles. The molecule has 0 saturated carbocycles. The lowest BCUT2D eigenvalue weighted by atomic mass is 9.97. The second-order valence-corrected chi connectivity index (χ2v) is 8.37. The quantitative estimate of drug-likeness (QED) is 0.905. The fraction of sp³-hybridized carbons (Fsp3) is 0.692. The number of thiophene rings is 1. The highest BCUT2D eigenvalue weighted by Gasteiger charge is 2.30. The van der Waals surface area contributed by atoms with Gasteiger partial charge in [0.2, 0.25) is 0 Å². The van der Waals surface area contributed by atoms with Gasteiger partial charge in [-0.15, -0.1) is 11.3 Å². The number of nitrogens with two attached hydrogens (primary N) is 1. The maximum atomic E-state index is 12.6. The van der Waals surface area contributed by atoms with Crippen molar-refractivity contribution < 1.29 is 8.42 Å². The Balaban J connectivity index is 2.16. The van der Waals surface area contributed by atoms with E-state index in [0.717, 1.165) is 30.6 Å². The molecule has 0 aromatic carbocycles. The standard InChI is InChI=1S/C13H22N2O2S2/c1-2-11-4-3-9-15(10-11)19(16,17)13-6-5-12(18-13)7-8-14/h5-6,11H,2-4,7-10,14H2,1H3. The van der Waals surface area contributed by atoms with Gasteiger partial charge in [0.1, 0.15) is 4.21 Å². The van der Waals surface area contributed by atoms with Gasteiger partial charge in [0.05, 0.1) is 0 Å². The van der Waals surface area contributed by atoms with Crippen LogP contribution >= 0.6 is 11.3 Å². The Kier molecular flexibility index (Phi) is 5.00. The maximum absolute atomic E-state index is 12.6. The van der Waals surface area contributed by atoms with Crippen molar-refractivity contribution in [2.24, 2.45) is 11.7 Å². The Morgan fingerprint density at radius 2 is 2.26 bits per heavy atom. The summed E-state index contributed by atoms with van der Waals surface area (Å²) < 4.78 is 27.3. The van der Waals surface area contributed by atoms with Crippen molar-refractivity contribution >= 4 is 21.4 Å². The van der Waals surface area contributed by atoms with Gasteiger partial charge in [-0.2, -0.15) is 4.31 Å². The molecule has 1 aliphatic heterocycles. The third-order valence-corrected chi connectivity index (χ3v) is 7.16. The molecule has 6 heteroatoms. The first kappa shape index (κ1) is 15.0. The molecule has 108 valence electrons. The van der Waals surface area contributed by atoms with Gasteiger partial charge in [-0.3, -0.25) is 0 Å². The topological polar surface area (TPSA) is 63.4 Å². The number of sulfonamides is 1. The number of hydrogen-bond donors (Lipinski definition) is 1. The second-order valence-electron chi connectivity index (χ2n) is 5.04. The molecule has 1 atom stereocenters. The fourth-order valence-corrected chi connectivity index (χ4v) is 5.56. The Hall–Kier alpha value is -0.430. The average Bonchev–Trinajstić information content (AvgIpc) is 2.88. The summed E-state index contributed by atoms with van der Waals surface area (Å²) in [5, 5.41) is 0. The van der Waals surface area contributed by atoms with E-state index < -0.39 is 10.0 Å². The minimum atomic E-state index is -3.29. The molecular formula is C13H22N2O2S2. The number of hydrogen-bond acceptors (Lipinski definition) is 4. The van der Waals surface area contributed by atoms with Gasteiger partial charge < -0.3 is 5.73 Å². The van der Waals surface area contributed by atoms with E-state index in [9.17, 15) is 8.42 Å². The Morgan fingerprint density at radius 1 is 1.47 bits per heavy atom. The summed E-state index contributed by atoms with van der Waals surface area (Å²) in [5.74, 6) is 0.506. The SMILES string of the molecule is CCC1CCCN(S(=O)(=O)c2ccc(CCN)s2)C1. The van der Waals surface area contributed by atoms with Crippen LogP contribution in [0.15, 0.2) is 16.3 Å². The summed E-state index contributed by atoms with van der Waals surface area (Å²) in [7, 11) is -3.29. The van der Waals surface area contributed by atoms with E-state index in [1.165, 1.54) is 11.3 Å². The largest absolute Gasteiger partial charge is 0.330 e. The van der Waals surface area contributed by atoms with Gasteiger partial charge in [-0.25, -0.2) is 8.42 Å². The third kappa shape index (κ3) is 3.37. The summed E-state index contributed by atoms with van der Waals surface area (Å²) in [6, 6.07) is 3.60. The fourth-order valence-electron chi connectivity index (χ4n) is 2.48. The van der Waals surface area contributed by atoms with E-state index in [2.05, 4.69) is 6.92 Å². The van der Waals surface area contributed by atoms with Crippen LogP contribution in [0.5, 0.6) is 0 Å². The van der Waals surface area contributed by atoms with E-state index in [-0.39, 0.29) is 0 Å². The average molecular weight is 302 g/mol. The highest BCUT2D eigenvalue weighted by molar-refractivity contribution is 7.91. The number of rotatable bonds is 5. The van der Waals surface area contributed by atoms with Gasteiger partial charge in [0.15, 0.2) is 0 Å². The minimum absolute atomic E-state index is 0.465. The highest BCUT2D eigenvalue weighted by Crippen LogP contribution is 2.29. The second kappa shape index (κ2) is 6.35. The molecule has 2 rings (SSSR count). The van der Waals surface area contributed by atoms with Gasteiger partial charge in [-0.05, 0) is 43.9 Å². The smallest absolute Gasteiger partial charge is 0.252 e. The van der Waals surface area contributed by atoms with Gasteiger partial charge >= 0.3 is 0 Å². The molecule has 0 amide bonds. The first-order valence-corrected chi connectivity index (χ1v) is 9.12. The van der Waals surface area contributed by atoms with Crippen LogP contribution in [0.3, 0.4) is 0 Å². The number of nitrogens with zero attached hydrogens (tertiary/aromatic N) is 1. The zero-order valence-electron chi connectivity index (χ0n) is 11.3. The molecular weight excluding hydrogens is 280 g/mol. The third-order valence-electron chi connectivity index (χ3n) is 3.68. The van der Waals surface area contributed by atoms with E-state index in [1.54, 1.807) is 10.4 Å². The lowest BCUT2D eigenvalue weighted by Crippen LogP contribution is -2.39. The molecule has 1 fully saturated rings. The van der Waals surface area contributed by atoms with Crippen LogP contribution in [0, 0.1) is 5.92 Å². The molecule has 0 bridgehead atoms. The van der Waals surface area contributed by atoms with Crippen LogP contribution in [-0.2, 0) is 16.4 Å². The molecule has 4 nitrogen and oxygen atoms in total. The Morgan fingerprint density at radius 3 is 2.95 bits per heavy atom. The van der Waals surface area contributed by atoms with Gasteiger partial charge in [0.25, 0.3) is 10.0 Å². The van der Waals surface area contributed by atoms with Crippen LogP contribution < -0.4 is 5.73 Å². The lowest BCUT2D eigenvalue weighted by Gasteiger charge is -2.30. The summed E-state index contributed by atoms with van der Waals surface area (Å²) in [6.45, 7) is 4.01. The monoisotopic (exact) mass is 302 g/mol. The normalized spacial score (nSPS) is 21.7. The van der Waals surface area contributed by atoms with Crippen LogP contribution in [0.1, 0.15) is 31.1 Å². The van der Waals surface area contributed by atoms with Crippen molar-refractivity contribution in [1.29, 1.82) is 0 Å². The van der Waals surface area contributed by atoms with Crippen molar-refractivity contribution in [3.8, 4) is 0 Å². The molecule has 2 N–H and O–H groups in total. The van der Waals surface area contributed by atoms with Crippen molar-refractivity contribution in [1.82, 2.24) is 4.31 Å². The van der Waals surface area contributed by atoms with Gasteiger partial charge in [-0.1, -0.05) is 13.3 Å². The predicted molar refractivity (Wildman–Crippen MR) is 78.9 cm³/mol. The van der Waals surface area contributed by atoms with E-state index in [0.29, 0.717) is 29.8 Å². The van der Waals surface area contributed by atoms with Crippen LogP contribution in [-0.4, -0.2) is 32.4 Å². The maximum Gasteiger partial charge on any atom is 0.252 e. The molecule has 19 heavy (non-hydrogen) atoms. The lowest BCUT2D eigenvalue weighted by molar-refractivity contribution is 0.262. The Bertz CT molecular complexity index is 510. The van der Waals surface area contributed by atoms with E-state index in [1.807, 2.05) is 6.07 Å². The molecule has 1 aromatic heterocycles. The highest BCUT2D eigenvalue weighted by atomic mass is 32.2. The zero-order chi connectivity index (χ0) is 13.9. The zero-order valence-corrected chi connectivity index (χ0v) is 13.0. The molecule has 1 aliphatic rings. The van der Waals surface area contributed by atoms with Gasteiger partial charge in [0, 0.05) is 18.0 Å². The summed E-state index contributed by atoms with van der Waals surface area (Å²) in [6.07, 6.45) is 3.91. The van der Waals surface area contributed by atoms with E-state index in [4.69, 9.17) is 5.73 Å². The minimum Gasteiger partial charge on any atom is -0.330 e. The first-order chi connectivity index (χ1) is 9.07. The molecule has 1 unspecified atom stereocenters. The molecule has 2 heterocycles. The summed E-state index contributed by atoms with van der Waals surface area (Å²) >= 11 is 1.36. The Labute approximate surface area is 119 Å². The molecule has 0 spiro atoms. The molecule has 0 aliphatic carbocycles. The molecule has 1 aromatic rings. The molecule has 0 radical (unpaired) electrons. The summed E-state index contributed by atoms with van der Waals surface area (Å²) in [5.41, 5.74) is 5.50. The van der Waals surface area contributed by atoms with Crippen LogP contribution in [0.4, 0.5) is 0 Å². The predicted octanol–water partition coefficient (Wildman–Crippen LogP) is 2.06. The van der Waals surface area contributed by atoms with Crippen molar-refractivity contribution in [2.75, 3.05) is 19.6 Å². The number of piperidine rings is 1. The van der Waals surface area contributed by atoms with Crippen molar-refractivity contribution in [3.63, 3.8) is 0 Å². The summed E-state index contributed by atoms with van der Waals surface area (Å²) in [4.78, 5) is 1.05. The van der Waals surface area contributed by atoms with Crippen molar-refractivity contribution in [3.05, 3.63) is 17.0 Å².